The average Bonchev–Trinajstić information content (AvgIpc) is 2.83. The van der Waals surface area contributed by atoms with Gasteiger partial charge in [-0.3, -0.25) is 4.79 Å². The number of hydrogen-bond acceptors (Lipinski definition) is 3. The number of halogens is 1. The highest BCUT2D eigenvalue weighted by Gasteiger charge is 2.23. The van der Waals surface area contributed by atoms with Crippen LogP contribution in [0.5, 0.6) is 0 Å². The molecule has 5 heteroatoms. The third-order valence-electron chi connectivity index (χ3n) is 3.13. The Morgan fingerprint density at radius 3 is 2.79 bits per heavy atom. The van der Waals surface area contributed by atoms with Crippen molar-refractivity contribution >= 4 is 29.3 Å². The van der Waals surface area contributed by atoms with E-state index in [9.17, 15) is 9.90 Å². The first kappa shape index (κ1) is 14.7. The molecule has 19 heavy (non-hydrogen) atoms. The van der Waals surface area contributed by atoms with Crippen LogP contribution in [-0.2, 0) is 4.79 Å². The second kappa shape index (κ2) is 7.17. The molecule has 1 atom stereocenters. The summed E-state index contributed by atoms with van der Waals surface area (Å²) < 4.78 is 0. The summed E-state index contributed by atoms with van der Waals surface area (Å²) in [5, 5.41) is 10.1. The van der Waals surface area contributed by atoms with Crippen LogP contribution in [0.2, 0.25) is 5.02 Å². The molecule has 0 aromatic heterocycles. The fraction of sp³-hybridized carbons (Fsp3) is 0.500. The van der Waals surface area contributed by atoms with Gasteiger partial charge >= 0.3 is 0 Å². The molecule has 1 saturated heterocycles. The van der Waals surface area contributed by atoms with Crippen molar-refractivity contribution in [3.8, 4) is 0 Å². The first-order valence-electron chi connectivity index (χ1n) is 6.49. The molecule has 2 rings (SSSR count). The largest absolute Gasteiger partial charge is 0.391 e. The summed E-state index contributed by atoms with van der Waals surface area (Å²) >= 11 is 7.55. The van der Waals surface area contributed by atoms with Gasteiger partial charge in [-0.25, -0.2) is 0 Å². The average molecular weight is 300 g/mol. The Labute approximate surface area is 122 Å². The number of hydrogen-bond donors (Lipinski definition) is 1. The third-order valence-corrected chi connectivity index (χ3v) is 4.48. The van der Waals surface area contributed by atoms with Crippen molar-refractivity contribution in [3.05, 3.63) is 29.3 Å². The Morgan fingerprint density at radius 2 is 2.16 bits per heavy atom. The van der Waals surface area contributed by atoms with Gasteiger partial charge in [0, 0.05) is 29.4 Å². The van der Waals surface area contributed by atoms with Gasteiger partial charge in [-0.05, 0) is 42.9 Å². The molecule has 1 aliphatic rings. The molecule has 1 amide bonds. The molecule has 0 spiro atoms. The van der Waals surface area contributed by atoms with E-state index in [0.29, 0.717) is 25.9 Å². The summed E-state index contributed by atoms with van der Waals surface area (Å²) in [5.41, 5.74) is 0. The fourth-order valence-electron chi connectivity index (χ4n) is 2.07. The molecule has 1 heterocycles. The molecule has 0 radical (unpaired) electrons. The zero-order valence-electron chi connectivity index (χ0n) is 10.7. The van der Waals surface area contributed by atoms with Crippen molar-refractivity contribution in [2.45, 2.75) is 30.3 Å². The number of nitrogens with zero attached hydrogens (tertiary/aromatic N) is 1. The Bertz CT molecular complexity index is 424. The van der Waals surface area contributed by atoms with Crippen molar-refractivity contribution in [1.29, 1.82) is 0 Å². The van der Waals surface area contributed by atoms with Gasteiger partial charge in [0.15, 0.2) is 0 Å². The van der Waals surface area contributed by atoms with Crippen LogP contribution in [0.4, 0.5) is 0 Å². The van der Waals surface area contributed by atoms with Crippen molar-refractivity contribution in [3.63, 3.8) is 0 Å². The van der Waals surface area contributed by atoms with Crippen molar-refractivity contribution in [2.75, 3.05) is 18.8 Å². The van der Waals surface area contributed by atoms with Crippen LogP contribution in [0.3, 0.4) is 0 Å². The zero-order valence-corrected chi connectivity index (χ0v) is 12.3. The van der Waals surface area contributed by atoms with Crippen molar-refractivity contribution < 1.29 is 9.90 Å². The summed E-state index contributed by atoms with van der Waals surface area (Å²) in [6.45, 7) is 1.20. The van der Waals surface area contributed by atoms with E-state index in [1.807, 2.05) is 24.3 Å². The quantitative estimate of drug-likeness (QED) is 0.671. The fourth-order valence-corrected chi connectivity index (χ4v) is 3.05. The number of carbonyl (C=O) groups excluding carboxylic acids is 1. The van der Waals surface area contributed by atoms with Gasteiger partial charge in [0.2, 0.25) is 5.91 Å². The van der Waals surface area contributed by atoms with E-state index in [2.05, 4.69) is 0 Å². The lowest BCUT2D eigenvalue weighted by Crippen LogP contribution is -2.29. The van der Waals surface area contributed by atoms with Gasteiger partial charge in [-0.1, -0.05) is 11.6 Å². The second-order valence-electron chi connectivity index (χ2n) is 4.69. The first-order valence-corrected chi connectivity index (χ1v) is 7.86. The molecule has 1 fully saturated rings. The van der Waals surface area contributed by atoms with Crippen LogP contribution in [0.15, 0.2) is 29.2 Å². The summed E-state index contributed by atoms with van der Waals surface area (Å²) in [5.74, 6) is 1.08. The summed E-state index contributed by atoms with van der Waals surface area (Å²) in [4.78, 5) is 14.8. The highest BCUT2D eigenvalue weighted by atomic mass is 35.5. The lowest BCUT2D eigenvalue weighted by molar-refractivity contribution is -0.130. The first-order chi connectivity index (χ1) is 9.15. The minimum Gasteiger partial charge on any atom is -0.391 e. The summed E-state index contributed by atoms with van der Waals surface area (Å²) in [7, 11) is 0. The number of aliphatic hydroxyl groups is 1. The number of amides is 1. The van der Waals surface area contributed by atoms with Crippen LogP contribution in [0.25, 0.3) is 0 Å². The minimum absolute atomic E-state index is 0.160. The molecule has 1 aromatic carbocycles. The van der Waals surface area contributed by atoms with E-state index in [0.717, 1.165) is 17.2 Å². The lowest BCUT2D eigenvalue weighted by atomic mass is 10.3. The molecule has 0 saturated carbocycles. The SMILES string of the molecule is O=C(CCCSc1ccc(Cl)cc1)N1CC[C@H](O)C1. The van der Waals surface area contributed by atoms with Crippen LogP contribution < -0.4 is 0 Å². The molecule has 0 unspecified atom stereocenters. The normalized spacial score (nSPS) is 18.8. The van der Waals surface area contributed by atoms with E-state index < -0.39 is 0 Å². The van der Waals surface area contributed by atoms with E-state index >= 15 is 0 Å². The smallest absolute Gasteiger partial charge is 0.222 e. The van der Waals surface area contributed by atoms with Crippen molar-refractivity contribution in [1.82, 2.24) is 4.90 Å². The van der Waals surface area contributed by atoms with Crippen LogP contribution in [0.1, 0.15) is 19.3 Å². The summed E-state index contributed by atoms with van der Waals surface area (Å²) in [6.07, 6.45) is 1.81. The number of rotatable bonds is 5. The predicted octanol–water partition coefficient (Wildman–Crippen LogP) is 2.81. The number of aliphatic hydroxyl groups excluding tert-OH is 1. The molecular weight excluding hydrogens is 282 g/mol. The van der Waals surface area contributed by atoms with E-state index in [4.69, 9.17) is 11.6 Å². The van der Waals surface area contributed by atoms with Crippen LogP contribution in [0, 0.1) is 0 Å². The Hall–Kier alpha value is -0.710. The van der Waals surface area contributed by atoms with Gasteiger partial charge in [0.25, 0.3) is 0 Å². The van der Waals surface area contributed by atoms with Gasteiger partial charge in [0.1, 0.15) is 0 Å². The van der Waals surface area contributed by atoms with Gasteiger partial charge in [-0.15, -0.1) is 11.8 Å². The molecule has 104 valence electrons. The molecule has 0 aliphatic carbocycles. The third kappa shape index (κ3) is 4.71. The number of β-amino-alcohol motifs (C(OH)–C–C–N with tert-alkyl or cyclic N) is 1. The minimum atomic E-state index is -0.326. The maximum absolute atomic E-state index is 11.8. The van der Waals surface area contributed by atoms with Gasteiger partial charge in [-0.2, -0.15) is 0 Å². The molecule has 1 aliphatic heterocycles. The molecular formula is C14H18ClNO2S. The molecule has 0 bridgehead atoms. The molecule has 3 nitrogen and oxygen atoms in total. The predicted molar refractivity (Wildman–Crippen MR) is 78.6 cm³/mol. The second-order valence-corrected chi connectivity index (χ2v) is 6.29. The van der Waals surface area contributed by atoms with E-state index in [-0.39, 0.29) is 12.0 Å². The number of thioether (sulfide) groups is 1. The molecule has 1 aromatic rings. The van der Waals surface area contributed by atoms with Crippen LogP contribution in [-0.4, -0.2) is 40.9 Å². The van der Waals surface area contributed by atoms with E-state index in [1.165, 1.54) is 4.90 Å². The van der Waals surface area contributed by atoms with Gasteiger partial charge < -0.3 is 10.0 Å². The monoisotopic (exact) mass is 299 g/mol. The number of benzene rings is 1. The zero-order chi connectivity index (χ0) is 13.7. The highest BCUT2D eigenvalue weighted by Crippen LogP contribution is 2.21. The number of carbonyl (C=O) groups is 1. The highest BCUT2D eigenvalue weighted by molar-refractivity contribution is 7.99. The van der Waals surface area contributed by atoms with Gasteiger partial charge in [0.05, 0.1) is 6.10 Å². The number of likely N-dealkylation sites (tertiary alicyclic amines) is 1. The topological polar surface area (TPSA) is 40.5 Å². The maximum Gasteiger partial charge on any atom is 0.222 e. The summed E-state index contributed by atoms with van der Waals surface area (Å²) in [6, 6.07) is 7.73. The van der Waals surface area contributed by atoms with E-state index in [1.54, 1.807) is 16.7 Å². The maximum atomic E-state index is 11.8. The Balaban J connectivity index is 1.64. The van der Waals surface area contributed by atoms with Crippen LogP contribution >= 0.6 is 23.4 Å². The Kier molecular flexibility index (Phi) is 5.55. The lowest BCUT2D eigenvalue weighted by Gasteiger charge is -2.15. The standard InChI is InChI=1S/C14H18ClNO2S/c15-11-3-5-13(6-4-11)19-9-1-2-14(18)16-8-7-12(17)10-16/h3-6,12,17H,1-2,7-10H2/t12-/m0/s1. The van der Waals surface area contributed by atoms with Crippen molar-refractivity contribution in [2.24, 2.45) is 0 Å². The molecule has 1 N–H and O–H groups in total. The Morgan fingerprint density at radius 1 is 1.42 bits per heavy atom.